The van der Waals surface area contributed by atoms with Crippen LogP contribution in [0.15, 0.2) is 55.3 Å². The first-order chi connectivity index (χ1) is 15.2. The zero-order valence-corrected chi connectivity index (χ0v) is 18.2. The molecule has 2 heterocycles. The minimum absolute atomic E-state index is 0.193. The molecule has 0 saturated carbocycles. The summed E-state index contributed by atoms with van der Waals surface area (Å²) in [7, 11) is 0. The van der Waals surface area contributed by atoms with Gasteiger partial charge in [-0.25, -0.2) is 4.39 Å². The predicted molar refractivity (Wildman–Crippen MR) is 119 cm³/mol. The van der Waals surface area contributed by atoms with Crippen molar-refractivity contribution in [2.24, 2.45) is 0 Å². The van der Waals surface area contributed by atoms with Crippen molar-refractivity contribution >= 4 is 0 Å². The summed E-state index contributed by atoms with van der Waals surface area (Å²) in [6.45, 7) is 11.1. The van der Waals surface area contributed by atoms with Gasteiger partial charge in [-0.05, 0) is 18.2 Å². The topological polar surface area (TPSA) is 50.1 Å². The van der Waals surface area contributed by atoms with E-state index in [9.17, 15) is 9.50 Å². The fourth-order valence-electron chi connectivity index (χ4n) is 3.77. The lowest BCUT2D eigenvalue weighted by Gasteiger charge is -2.31. The van der Waals surface area contributed by atoms with Gasteiger partial charge in [-0.2, -0.15) is 0 Å². The SMILES string of the molecule is C=CCOC[C@H](O)CN(CCN1CCOCC1)Cc1cccn1Cc1ccccc1F. The molecule has 1 aliphatic heterocycles. The maximum Gasteiger partial charge on any atom is 0.128 e. The van der Waals surface area contributed by atoms with E-state index in [4.69, 9.17) is 9.47 Å². The van der Waals surface area contributed by atoms with Gasteiger partial charge in [0.25, 0.3) is 0 Å². The number of aliphatic hydroxyl groups excluding tert-OH is 1. The molecule has 31 heavy (non-hydrogen) atoms. The first-order valence-corrected chi connectivity index (χ1v) is 10.9. The molecule has 1 atom stereocenters. The number of aromatic nitrogens is 1. The number of nitrogens with zero attached hydrogens (tertiary/aromatic N) is 3. The van der Waals surface area contributed by atoms with Crippen LogP contribution in [0.2, 0.25) is 0 Å². The van der Waals surface area contributed by atoms with Crippen LogP contribution in [-0.2, 0) is 22.6 Å². The summed E-state index contributed by atoms with van der Waals surface area (Å²) < 4.78 is 27.1. The maximum absolute atomic E-state index is 14.1. The monoisotopic (exact) mass is 431 g/mol. The van der Waals surface area contributed by atoms with Crippen LogP contribution in [0.3, 0.4) is 0 Å². The normalized spacial score (nSPS) is 16.0. The molecule has 1 aromatic carbocycles. The number of halogens is 1. The lowest BCUT2D eigenvalue weighted by molar-refractivity contribution is 0.0124. The van der Waals surface area contributed by atoms with Gasteiger partial charge in [0, 0.05) is 56.7 Å². The summed E-state index contributed by atoms with van der Waals surface area (Å²) in [6.07, 6.45) is 3.07. The summed E-state index contributed by atoms with van der Waals surface area (Å²) in [4.78, 5) is 4.63. The highest BCUT2D eigenvalue weighted by Crippen LogP contribution is 2.14. The number of benzene rings is 1. The van der Waals surface area contributed by atoms with E-state index in [2.05, 4.69) is 27.0 Å². The molecule has 0 bridgehead atoms. The molecule has 1 saturated heterocycles. The Morgan fingerprint density at radius 3 is 2.81 bits per heavy atom. The molecule has 0 unspecified atom stereocenters. The number of morpholine rings is 1. The Morgan fingerprint density at radius 1 is 1.23 bits per heavy atom. The smallest absolute Gasteiger partial charge is 0.128 e. The third kappa shape index (κ3) is 7.87. The second-order valence-electron chi connectivity index (χ2n) is 7.89. The third-order valence-corrected chi connectivity index (χ3v) is 5.46. The van der Waals surface area contributed by atoms with E-state index in [1.807, 2.05) is 24.4 Å². The van der Waals surface area contributed by atoms with E-state index in [-0.39, 0.29) is 12.4 Å². The van der Waals surface area contributed by atoms with Gasteiger partial charge in [0.05, 0.1) is 39.1 Å². The fraction of sp³-hybridized carbons (Fsp3) is 0.500. The number of aliphatic hydroxyl groups is 1. The van der Waals surface area contributed by atoms with E-state index in [0.29, 0.717) is 31.8 Å². The van der Waals surface area contributed by atoms with E-state index >= 15 is 0 Å². The van der Waals surface area contributed by atoms with Crippen LogP contribution in [0.4, 0.5) is 4.39 Å². The maximum atomic E-state index is 14.1. The van der Waals surface area contributed by atoms with Crippen molar-refractivity contribution < 1.29 is 19.0 Å². The Balaban J connectivity index is 1.63. The van der Waals surface area contributed by atoms with Crippen LogP contribution in [0.5, 0.6) is 0 Å². The van der Waals surface area contributed by atoms with Crippen molar-refractivity contribution in [1.29, 1.82) is 0 Å². The van der Waals surface area contributed by atoms with Gasteiger partial charge in [0.2, 0.25) is 0 Å². The number of hydrogen-bond acceptors (Lipinski definition) is 5. The van der Waals surface area contributed by atoms with Gasteiger partial charge in [-0.1, -0.05) is 24.3 Å². The third-order valence-electron chi connectivity index (χ3n) is 5.46. The average molecular weight is 432 g/mol. The largest absolute Gasteiger partial charge is 0.389 e. The number of ether oxygens (including phenoxy) is 2. The Hall–Kier alpha value is -2.03. The molecule has 3 rings (SSSR count). The molecule has 1 N–H and O–H groups in total. The van der Waals surface area contributed by atoms with E-state index < -0.39 is 6.10 Å². The minimum atomic E-state index is -0.584. The van der Waals surface area contributed by atoms with Crippen LogP contribution in [0.1, 0.15) is 11.3 Å². The van der Waals surface area contributed by atoms with Crippen molar-refractivity contribution in [3.05, 3.63) is 72.3 Å². The molecule has 0 spiro atoms. The number of hydrogen-bond donors (Lipinski definition) is 1. The second-order valence-corrected chi connectivity index (χ2v) is 7.89. The Kier molecular flexibility index (Phi) is 9.71. The molecule has 0 aliphatic carbocycles. The van der Waals surface area contributed by atoms with Crippen LogP contribution < -0.4 is 0 Å². The van der Waals surface area contributed by atoms with Gasteiger partial charge in [0.1, 0.15) is 5.82 Å². The summed E-state index contributed by atoms with van der Waals surface area (Å²) >= 11 is 0. The molecule has 1 fully saturated rings. The minimum Gasteiger partial charge on any atom is -0.389 e. The Morgan fingerprint density at radius 2 is 2.03 bits per heavy atom. The molecule has 2 aromatic rings. The first kappa shape index (κ1) is 23.6. The lowest BCUT2D eigenvalue weighted by Crippen LogP contribution is -2.43. The quantitative estimate of drug-likeness (QED) is 0.390. The van der Waals surface area contributed by atoms with E-state index in [1.54, 1.807) is 12.1 Å². The lowest BCUT2D eigenvalue weighted by atomic mass is 10.2. The Labute approximate surface area is 184 Å². The predicted octanol–water partition coefficient (Wildman–Crippen LogP) is 2.37. The standard InChI is InChI=1S/C24H34FN3O3/c1-2-14-31-20-23(29)19-27(11-10-26-12-15-30-16-13-26)18-22-7-5-9-28(22)17-21-6-3-4-8-24(21)25/h2-9,23,29H,1,10-20H2/t23-/m1/s1. The van der Waals surface area contributed by atoms with Crippen molar-refractivity contribution in [2.45, 2.75) is 19.2 Å². The van der Waals surface area contributed by atoms with Crippen LogP contribution >= 0.6 is 0 Å². The summed E-state index contributed by atoms with van der Waals surface area (Å²) in [5.41, 5.74) is 1.75. The number of rotatable bonds is 13. The van der Waals surface area contributed by atoms with Gasteiger partial charge in [-0.15, -0.1) is 6.58 Å². The molecule has 1 aromatic heterocycles. The molecule has 170 valence electrons. The molecular weight excluding hydrogens is 397 g/mol. The van der Waals surface area contributed by atoms with Crippen LogP contribution in [0.25, 0.3) is 0 Å². The zero-order chi connectivity index (χ0) is 21.9. The summed E-state index contributed by atoms with van der Waals surface area (Å²) in [6, 6.07) is 10.9. The van der Waals surface area contributed by atoms with E-state index in [1.165, 1.54) is 6.07 Å². The molecule has 0 radical (unpaired) electrons. The molecule has 7 heteroatoms. The molecule has 1 aliphatic rings. The second kappa shape index (κ2) is 12.7. The van der Waals surface area contributed by atoms with Crippen molar-refractivity contribution in [3.63, 3.8) is 0 Å². The highest BCUT2D eigenvalue weighted by molar-refractivity contribution is 5.19. The van der Waals surface area contributed by atoms with Crippen molar-refractivity contribution in [1.82, 2.24) is 14.4 Å². The average Bonchev–Trinajstić information content (AvgIpc) is 3.21. The van der Waals surface area contributed by atoms with Crippen molar-refractivity contribution in [3.8, 4) is 0 Å². The van der Waals surface area contributed by atoms with Gasteiger partial charge < -0.3 is 19.1 Å². The highest BCUT2D eigenvalue weighted by Gasteiger charge is 2.17. The first-order valence-electron chi connectivity index (χ1n) is 10.9. The Bertz CT molecular complexity index is 792. The molecule has 0 amide bonds. The van der Waals surface area contributed by atoms with Gasteiger partial charge in [0.15, 0.2) is 0 Å². The molecule has 6 nitrogen and oxygen atoms in total. The van der Waals surface area contributed by atoms with E-state index in [0.717, 1.165) is 45.1 Å². The van der Waals surface area contributed by atoms with Crippen LogP contribution in [0, 0.1) is 5.82 Å². The van der Waals surface area contributed by atoms with Crippen LogP contribution in [-0.4, -0.2) is 84.7 Å². The summed E-state index contributed by atoms with van der Waals surface area (Å²) in [5, 5.41) is 10.5. The van der Waals surface area contributed by atoms with Gasteiger partial charge in [-0.3, -0.25) is 9.80 Å². The highest BCUT2D eigenvalue weighted by atomic mass is 19.1. The summed E-state index contributed by atoms with van der Waals surface area (Å²) in [5.74, 6) is -0.193. The van der Waals surface area contributed by atoms with Gasteiger partial charge >= 0.3 is 0 Å². The zero-order valence-electron chi connectivity index (χ0n) is 18.2. The molecular formula is C24H34FN3O3. The van der Waals surface area contributed by atoms with Crippen molar-refractivity contribution in [2.75, 3.05) is 59.2 Å². The fourth-order valence-corrected chi connectivity index (χ4v) is 3.77.